The van der Waals surface area contributed by atoms with Gasteiger partial charge in [0, 0.05) is 11.1 Å². The van der Waals surface area contributed by atoms with Crippen LogP contribution >= 0.6 is 38.9 Å². The van der Waals surface area contributed by atoms with Gasteiger partial charge in [-0.05, 0) is 28.1 Å². The molecule has 2 heterocycles. The number of thiophene rings is 1. The Morgan fingerprint density at radius 2 is 2.19 bits per heavy atom. The van der Waals surface area contributed by atoms with E-state index in [0.29, 0.717) is 15.4 Å². The lowest BCUT2D eigenvalue weighted by atomic mass is 10.4. The van der Waals surface area contributed by atoms with Crippen LogP contribution in [-0.2, 0) is 6.54 Å². The van der Waals surface area contributed by atoms with E-state index in [0.717, 1.165) is 4.88 Å². The van der Waals surface area contributed by atoms with Crippen molar-refractivity contribution in [2.24, 2.45) is 0 Å². The van der Waals surface area contributed by atoms with Crippen molar-refractivity contribution < 1.29 is 0 Å². The van der Waals surface area contributed by atoms with Crippen molar-refractivity contribution in [1.82, 2.24) is 9.55 Å². The molecule has 84 valence electrons. The lowest BCUT2D eigenvalue weighted by Crippen LogP contribution is -2.29. The standard InChI is InChI=1S/C9H6BrClN2O2S/c10-6-4-13(9(15)12-8(6)14)3-5-1-2-7(11)16-5/h1-2,4H,3H2,(H,12,14,15). The molecular formula is C9H6BrClN2O2S. The number of hydrogen-bond acceptors (Lipinski definition) is 3. The van der Waals surface area contributed by atoms with Crippen molar-refractivity contribution in [3.05, 3.63) is 52.9 Å². The second-order valence-electron chi connectivity index (χ2n) is 3.07. The molecular weight excluding hydrogens is 316 g/mol. The van der Waals surface area contributed by atoms with Crippen LogP contribution in [0.15, 0.2) is 32.4 Å². The Balaban J connectivity index is 2.39. The number of H-pyrrole nitrogens is 1. The molecule has 16 heavy (non-hydrogen) atoms. The molecule has 0 radical (unpaired) electrons. The zero-order valence-electron chi connectivity index (χ0n) is 7.87. The SMILES string of the molecule is O=c1[nH]c(=O)n(Cc2ccc(Cl)s2)cc1Br. The van der Waals surface area contributed by atoms with Crippen LogP contribution in [0.1, 0.15) is 4.88 Å². The molecule has 2 rings (SSSR count). The van der Waals surface area contributed by atoms with E-state index in [2.05, 4.69) is 20.9 Å². The third-order valence-electron chi connectivity index (χ3n) is 1.92. The summed E-state index contributed by atoms with van der Waals surface area (Å²) in [7, 11) is 0. The number of nitrogens with one attached hydrogen (secondary N) is 1. The van der Waals surface area contributed by atoms with Crippen LogP contribution in [0.4, 0.5) is 0 Å². The molecule has 2 aromatic rings. The Morgan fingerprint density at radius 1 is 1.44 bits per heavy atom. The number of nitrogens with zero attached hydrogens (tertiary/aromatic N) is 1. The summed E-state index contributed by atoms with van der Waals surface area (Å²) in [5, 5.41) is 0. The fourth-order valence-electron chi connectivity index (χ4n) is 1.20. The maximum atomic E-state index is 11.5. The summed E-state index contributed by atoms with van der Waals surface area (Å²) in [5.41, 5.74) is -0.858. The van der Waals surface area contributed by atoms with Gasteiger partial charge in [0.25, 0.3) is 5.56 Å². The number of aromatic amines is 1. The van der Waals surface area contributed by atoms with Crippen LogP contribution in [-0.4, -0.2) is 9.55 Å². The molecule has 0 aliphatic carbocycles. The highest BCUT2D eigenvalue weighted by Gasteiger charge is 2.04. The molecule has 0 saturated heterocycles. The minimum absolute atomic E-state index is 0.328. The van der Waals surface area contributed by atoms with Crippen LogP contribution in [0, 0.1) is 0 Å². The summed E-state index contributed by atoms with van der Waals surface area (Å²) >= 11 is 10.3. The van der Waals surface area contributed by atoms with Crippen molar-refractivity contribution in [2.45, 2.75) is 6.54 Å². The zero-order chi connectivity index (χ0) is 11.7. The Hall–Kier alpha value is -0.850. The summed E-state index contributed by atoms with van der Waals surface area (Å²) in [6.45, 7) is 0.394. The number of aromatic nitrogens is 2. The van der Waals surface area contributed by atoms with Gasteiger partial charge < -0.3 is 0 Å². The van der Waals surface area contributed by atoms with Gasteiger partial charge in [-0.2, -0.15) is 0 Å². The molecule has 1 N–H and O–H groups in total. The highest BCUT2D eigenvalue weighted by Crippen LogP contribution is 2.21. The van der Waals surface area contributed by atoms with Gasteiger partial charge >= 0.3 is 5.69 Å². The van der Waals surface area contributed by atoms with Gasteiger partial charge in [-0.3, -0.25) is 14.3 Å². The zero-order valence-corrected chi connectivity index (χ0v) is 11.0. The van der Waals surface area contributed by atoms with Gasteiger partial charge in [0.1, 0.15) is 0 Å². The minimum Gasteiger partial charge on any atom is -0.294 e. The van der Waals surface area contributed by atoms with Gasteiger partial charge in [0.2, 0.25) is 0 Å². The van der Waals surface area contributed by atoms with E-state index in [1.807, 2.05) is 6.07 Å². The smallest absolute Gasteiger partial charge is 0.294 e. The van der Waals surface area contributed by atoms with Crippen molar-refractivity contribution in [3.8, 4) is 0 Å². The van der Waals surface area contributed by atoms with Crippen LogP contribution in [0.2, 0.25) is 4.34 Å². The van der Waals surface area contributed by atoms with Gasteiger partial charge in [0.15, 0.2) is 0 Å². The van der Waals surface area contributed by atoms with E-state index >= 15 is 0 Å². The summed E-state index contributed by atoms with van der Waals surface area (Å²) in [6.07, 6.45) is 1.47. The summed E-state index contributed by atoms with van der Waals surface area (Å²) in [6, 6.07) is 3.62. The molecule has 0 fully saturated rings. The maximum Gasteiger partial charge on any atom is 0.328 e. The minimum atomic E-state index is -0.433. The van der Waals surface area contributed by atoms with Gasteiger partial charge in [-0.1, -0.05) is 11.6 Å². The first-order valence-corrected chi connectivity index (χ1v) is 6.28. The molecule has 0 bridgehead atoms. The van der Waals surface area contributed by atoms with Crippen LogP contribution in [0.3, 0.4) is 0 Å². The monoisotopic (exact) mass is 320 g/mol. The fourth-order valence-corrected chi connectivity index (χ4v) is 2.64. The van der Waals surface area contributed by atoms with Crippen LogP contribution in [0.25, 0.3) is 0 Å². The van der Waals surface area contributed by atoms with Crippen molar-refractivity contribution >= 4 is 38.9 Å². The molecule has 0 spiro atoms. The average Bonchev–Trinajstić information content (AvgIpc) is 2.60. The average molecular weight is 322 g/mol. The number of hydrogen-bond donors (Lipinski definition) is 1. The molecule has 0 aromatic carbocycles. The Morgan fingerprint density at radius 3 is 2.81 bits per heavy atom. The van der Waals surface area contributed by atoms with Crippen molar-refractivity contribution in [1.29, 1.82) is 0 Å². The second-order valence-corrected chi connectivity index (χ2v) is 5.72. The predicted octanol–water partition coefficient (Wildman–Crippen LogP) is 2.06. The van der Waals surface area contributed by atoms with E-state index in [4.69, 9.17) is 11.6 Å². The molecule has 0 saturated carbocycles. The summed E-state index contributed by atoms with van der Waals surface area (Å²) < 4.78 is 2.41. The highest BCUT2D eigenvalue weighted by atomic mass is 79.9. The Labute approximate surface area is 108 Å². The molecule has 0 aliphatic heterocycles. The first-order valence-electron chi connectivity index (χ1n) is 4.30. The molecule has 0 unspecified atom stereocenters. The van der Waals surface area contributed by atoms with Gasteiger partial charge in [-0.25, -0.2) is 4.79 Å². The van der Waals surface area contributed by atoms with Crippen LogP contribution < -0.4 is 11.2 Å². The van der Waals surface area contributed by atoms with E-state index in [1.165, 1.54) is 22.1 Å². The Bertz CT molecular complexity index is 631. The van der Waals surface area contributed by atoms with Crippen molar-refractivity contribution in [3.63, 3.8) is 0 Å². The lowest BCUT2D eigenvalue weighted by molar-refractivity contribution is 0.724. The molecule has 4 nitrogen and oxygen atoms in total. The van der Waals surface area contributed by atoms with Gasteiger partial charge in [-0.15, -0.1) is 11.3 Å². The normalized spacial score (nSPS) is 10.6. The Kier molecular flexibility index (Phi) is 3.32. The fraction of sp³-hybridized carbons (Fsp3) is 0.111. The molecule has 0 atom stereocenters. The van der Waals surface area contributed by atoms with E-state index in [9.17, 15) is 9.59 Å². The second kappa shape index (κ2) is 4.57. The molecule has 7 heteroatoms. The number of rotatable bonds is 2. The van der Waals surface area contributed by atoms with E-state index < -0.39 is 11.2 Å². The molecule has 0 aliphatic rings. The highest BCUT2D eigenvalue weighted by molar-refractivity contribution is 9.10. The summed E-state index contributed by atoms with van der Waals surface area (Å²) in [5.74, 6) is 0. The topological polar surface area (TPSA) is 54.9 Å². The predicted molar refractivity (Wildman–Crippen MR) is 67.5 cm³/mol. The largest absolute Gasteiger partial charge is 0.328 e. The quantitative estimate of drug-likeness (QED) is 0.920. The maximum absolute atomic E-state index is 11.5. The molecule has 2 aromatic heterocycles. The van der Waals surface area contributed by atoms with Crippen molar-refractivity contribution in [2.75, 3.05) is 0 Å². The third-order valence-corrected chi connectivity index (χ3v) is 3.70. The van der Waals surface area contributed by atoms with E-state index in [-0.39, 0.29) is 0 Å². The molecule has 0 amide bonds. The first-order chi connectivity index (χ1) is 7.56. The van der Waals surface area contributed by atoms with Gasteiger partial charge in [0.05, 0.1) is 15.4 Å². The summed E-state index contributed by atoms with van der Waals surface area (Å²) in [4.78, 5) is 25.7. The third kappa shape index (κ3) is 2.45. The first kappa shape index (κ1) is 11.6. The lowest BCUT2D eigenvalue weighted by Gasteiger charge is -2.02. The van der Waals surface area contributed by atoms with E-state index in [1.54, 1.807) is 6.07 Å². The van der Waals surface area contributed by atoms with Crippen LogP contribution in [0.5, 0.6) is 0 Å². The number of halogens is 2.